The van der Waals surface area contributed by atoms with E-state index in [0.29, 0.717) is 17.9 Å². The van der Waals surface area contributed by atoms with E-state index in [2.05, 4.69) is 10.6 Å². The third kappa shape index (κ3) is 4.60. The van der Waals surface area contributed by atoms with Crippen LogP contribution in [0.15, 0.2) is 42.6 Å². The molecule has 7 nitrogen and oxygen atoms in total. The average Bonchev–Trinajstić information content (AvgIpc) is 3.01. The van der Waals surface area contributed by atoms with Crippen molar-refractivity contribution < 1.29 is 19.4 Å². The molecule has 0 radical (unpaired) electrons. The summed E-state index contributed by atoms with van der Waals surface area (Å²) in [5.74, 6) is -0.842. The quantitative estimate of drug-likeness (QED) is 0.694. The normalized spacial score (nSPS) is 11.6. The van der Waals surface area contributed by atoms with E-state index in [1.54, 1.807) is 31.4 Å². The van der Waals surface area contributed by atoms with Crippen molar-refractivity contribution >= 4 is 17.5 Å². The molecule has 1 unspecified atom stereocenters. The Labute approximate surface area is 140 Å². The van der Waals surface area contributed by atoms with Gasteiger partial charge in [0.05, 0.1) is 13.2 Å². The zero-order valence-electron chi connectivity index (χ0n) is 13.7. The fraction of sp³-hybridized carbons (Fsp3) is 0.294. The molecule has 3 N–H and O–H groups in total. The summed E-state index contributed by atoms with van der Waals surface area (Å²) in [5, 5.41) is 15.0. The van der Waals surface area contributed by atoms with E-state index >= 15 is 0 Å². The molecule has 0 spiro atoms. The summed E-state index contributed by atoms with van der Waals surface area (Å²) < 4.78 is 6.83. The van der Waals surface area contributed by atoms with Gasteiger partial charge in [0.25, 0.3) is 0 Å². The number of ether oxygens (including phenoxy) is 1. The maximum atomic E-state index is 11.8. The third-order valence-corrected chi connectivity index (χ3v) is 3.58. The third-order valence-electron chi connectivity index (χ3n) is 3.58. The lowest BCUT2D eigenvalue weighted by atomic mass is 10.2. The summed E-state index contributed by atoms with van der Waals surface area (Å²) in [6, 6.07) is 10.3. The molecule has 0 saturated carbocycles. The Balaban J connectivity index is 1.77. The first-order valence-corrected chi connectivity index (χ1v) is 7.54. The Hall–Kier alpha value is -2.80. The number of aliphatic hydroxyl groups is 1. The number of methoxy groups -OCH3 is 1. The summed E-state index contributed by atoms with van der Waals surface area (Å²) in [7, 11) is 3.38. The molecule has 1 aromatic carbocycles. The van der Waals surface area contributed by atoms with Gasteiger partial charge in [-0.1, -0.05) is 0 Å². The smallest absolute Gasteiger partial charge is 0.313 e. The number of anilines is 1. The topological polar surface area (TPSA) is 92.6 Å². The molecule has 2 rings (SSSR count). The molecule has 0 fully saturated rings. The van der Waals surface area contributed by atoms with Crippen LogP contribution in [0.25, 0.3) is 0 Å². The van der Waals surface area contributed by atoms with Gasteiger partial charge in [-0.15, -0.1) is 0 Å². The summed E-state index contributed by atoms with van der Waals surface area (Å²) in [6.07, 6.45) is 1.45. The number of carbonyl (C=O) groups excluding carboxylic acids is 2. The highest BCUT2D eigenvalue weighted by atomic mass is 16.5. The monoisotopic (exact) mass is 331 g/mol. The van der Waals surface area contributed by atoms with E-state index < -0.39 is 17.9 Å². The van der Waals surface area contributed by atoms with Gasteiger partial charge >= 0.3 is 11.8 Å². The highest BCUT2D eigenvalue weighted by molar-refractivity contribution is 6.39. The lowest BCUT2D eigenvalue weighted by Crippen LogP contribution is -2.36. The number of amides is 2. The van der Waals surface area contributed by atoms with Gasteiger partial charge in [-0.25, -0.2) is 0 Å². The molecule has 1 atom stereocenters. The van der Waals surface area contributed by atoms with E-state index in [9.17, 15) is 14.7 Å². The Kier molecular flexibility index (Phi) is 5.97. The van der Waals surface area contributed by atoms with Crippen LogP contribution in [0.3, 0.4) is 0 Å². The van der Waals surface area contributed by atoms with Gasteiger partial charge in [0.1, 0.15) is 5.75 Å². The number of benzene rings is 1. The molecule has 2 aromatic rings. The minimum absolute atomic E-state index is 0.196. The van der Waals surface area contributed by atoms with Crippen LogP contribution in [-0.2, 0) is 16.6 Å². The SMILES string of the molecule is COc1ccc(NC(=O)C(=O)NCCC(O)c2cccn2C)cc1. The van der Waals surface area contributed by atoms with Crippen LogP contribution < -0.4 is 15.4 Å². The Morgan fingerprint density at radius 2 is 1.92 bits per heavy atom. The first-order valence-electron chi connectivity index (χ1n) is 7.54. The first-order chi connectivity index (χ1) is 11.5. The average molecular weight is 331 g/mol. The molecule has 0 aliphatic rings. The van der Waals surface area contributed by atoms with E-state index in [1.165, 1.54) is 0 Å². The molecule has 1 heterocycles. The number of aromatic nitrogens is 1. The van der Waals surface area contributed by atoms with E-state index in [1.807, 2.05) is 29.9 Å². The molecule has 0 bridgehead atoms. The van der Waals surface area contributed by atoms with Crippen molar-refractivity contribution in [2.24, 2.45) is 7.05 Å². The van der Waals surface area contributed by atoms with Crippen LogP contribution in [0, 0.1) is 0 Å². The second-order valence-electron chi connectivity index (χ2n) is 5.29. The Bertz CT molecular complexity index is 694. The van der Waals surface area contributed by atoms with Crippen LogP contribution in [0.1, 0.15) is 18.2 Å². The zero-order valence-corrected chi connectivity index (χ0v) is 13.7. The fourth-order valence-corrected chi connectivity index (χ4v) is 2.23. The minimum atomic E-state index is -0.756. The second kappa shape index (κ2) is 8.16. The van der Waals surface area contributed by atoms with Gasteiger partial charge in [-0.05, 0) is 42.8 Å². The van der Waals surface area contributed by atoms with E-state index in [4.69, 9.17) is 4.74 Å². The van der Waals surface area contributed by atoms with Gasteiger partial charge in [0.2, 0.25) is 0 Å². The number of hydrogen-bond acceptors (Lipinski definition) is 4. The number of nitrogens with one attached hydrogen (secondary N) is 2. The van der Waals surface area contributed by atoms with E-state index in [-0.39, 0.29) is 6.54 Å². The predicted octanol–water partition coefficient (Wildman–Crippen LogP) is 1.21. The Morgan fingerprint density at radius 3 is 2.50 bits per heavy atom. The number of nitrogens with zero attached hydrogens (tertiary/aromatic N) is 1. The number of carbonyl (C=O) groups is 2. The molecular formula is C17H21N3O4. The standard InChI is InChI=1S/C17H21N3O4/c1-20-11-3-4-14(20)15(21)9-10-18-16(22)17(23)19-12-5-7-13(24-2)8-6-12/h3-8,11,15,21H,9-10H2,1-2H3,(H,18,22)(H,19,23). The lowest BCUT2D eigenvalue weighted by molar-refractivity contribution is -0.136. The molecule has 7 heteroatoms. The molecule has 1 aromatic heterocycles. The van der Waals surface area contributed by atoms with Crippen LogP contribution in [-0.4, -0.2) is 35.1 Å². The number of rotatable bonds is 6. The van der Waals surface area contributed by atoms with Gasteiger partial charge in [-0.2, -0.15) is 0 Å². The van der Waals surface area contributed by atoms with Crippen molar-refractivity contribution in [3.63, 3.8) is 0 Å². The highest BCUT2D eigenvalue weighted by Gasteiger charge is 2.15. The maximum absolute atomic E-state index is 11.8. The van der Waals surface area contributed by atoms with Crippen molar-refractivity contribution in [2.75, 3.05) is 19.0 Å². The summed E-state index contributed by atoms with van der Waals surface area (Å²) in [5.41, 5.74) is 1.26. The Morgan fingerprint density at radius 1 is 1.21 bits per heavy atom. The fourth-order valence-electron chi connectivity index (χ4n) is 2.23. The van der Waals surface area contributed by atoms with E-state index in [0.717, 1.165) is 5.69 Å². The molecule has 2 amide bonds. The lowest BCUT2D eigenvalue weighted by Gasteiger charge is -2.12. The van der Waals surface area contributed by atoms with Gasteiger partial charge in [-0.3, -0.25) is 9.59 Å². The first kappa shape index (κ1) is 17.6. The van der Waals surface area contributed by atoms with Crippen molar-refractivity contribution in [2.45, 2.75) is 12.5 Å². The van der Waals surface area contributed by atoms with Crippen molar-refractivity contribution in [1.29, 1.82) is 0 Å². The summed E-state index contributed by atoms with van der Waals surface area (Å²) in [6.45, 7) is 0.196. The summed E-state index contributed by atoms with van der Waals surface area (Å²) in [4.78, 5) is 23.6. The molecule has 0 saturated heterocycles. The van der Waals surface area contributed by atoms with Crippen LogP contribution >= 0.6 is 0 Å². The number of aliphatic hydroxyl groups excluding tert-OH is 1. The minimum Gasteiger partial charge on any atom is -0.497 e. The molecule has 0 aliphatic heterocycles. The second-order valence-corrected chi connectivity index (χ2v) is 5.29. The number of aryl methyl sites for hydroxylation is 1. The van der Waals surface area contributed by atoms with Crippen molar-refractivity contribution in [1.82, 2.24) is 9.88 Å². The van der Waals surface area contributed by atoms with Gasteiger partial charge in [0, 0.05) is 31.2 Å². The van der Waals surface area contributed by atoms with Crippen LogP contribution in [0.4, 0.5) is 5.69 Å². The number of hydrogen-bond donors (Lipinski definition) is 3. The van der Waals surface area contributed by atoms with Crippen molar-refractivity contribution in [3.05, 3.63) is 48.3 Å². The maximum Gasteiger partial charge on any atom is 0.313 e. The molecule has 24 heavy (non-hydrogen) atoms. The van der Waals surface area contributed by atoms with Gasteiger partial charge in [0.15, 0.2) is 0 Å². The van der Waals surface area contributed by atoms with Crippen molar-refractivity contribution in [3.8, 4) is 5.75 Å². The summed E-state index contributed by atoms with van der Waals surface area (Å²) >= 11 is 0. The highest BCUT2D eigenvalue weighted by Crippen LogP contribution is 2.16. The molecular weight excluding hydrogens is 310 g/mol. The van der Waals surface area contributed by atoms with Crippen LogP contribution in [0.5, 0.6) is 5.75 Å². The predicted molar refractivity (Wildman–Crippen MR) is 89.6 cm³/mol. The van der Waals surface area contributed by atoms with Crippen LogP contribution in [0.2, 0.25) is 0 Å². The van der Waals surface area contributed by atoms with Gasteiger partial charge < -0.3 is 25.0 Å². The molecule has 0 aliphatic carbocycles. The largest absolute Gasteiger partial charge is 0.497 e. The zero-order chi connectivity index (χ0) is 17.5. The molecule has 128 valence electrons.